The van der Waals surface area contributed by atoms with Gasteiger partial charge in [0.2, 0.25) is 10.0 Å². The molecule has 5 nitrogen and oxygen atoms in total. The average molecular weight is 377 g/mol. The predicted molar refractivity (Wildman–Crippen MR) is 86.6 cm³/mol. The van der Waals surface area contributed by atoms with Crippen molar-refractivity contribution < 1.29 is 13.2 Å². The third-order valence-corrected chi connectivity index (χ3v) is 5.60. The molecule has 0 unspecified atom stereocenters. The molecule has 0 radical (unpaired) electrons. The van der Waals surface area contributed by atoms with E-state index in [9.17, 15) is 8.42 Å². The quantitative estimate of drug-likeness (QED) is 0.805. The van der Waals surface area contributed by atoms with Crippen LogP contribution in [-0.2, 0) is 14.8 Å². The molecule has 1 fully saturated rings. The Labute approximate surface area is 134 Å². The molecule has 1 heterocycles. The van der Waals surface area contributed by atoms with E-state index in [2.05, 4.69) is 15.9 Å². The minimum Gasteiger partial charge on any atom is -0.398 e. The van der Waals surface area contributed by atoms with Crippen LogP contribution in [0.5, 0.6) is 0 Å². The first-order chi connectivity index (χ1) is 9.43. The first-order valence-electron chi connectivity index (χ1n) is 6.68. The highest BCUT2D eigenvalue weighted by Gasteiger charge is 2.43. The molecule has 1 aromatic rings. The van der Waals surface area contributed by atoms with Crippen molar-refractivity contribution in [2.75, 3.05) is 18.8 Å². The zero-order chi connectivity index (χ0) is 16.1. The molecule has 0 bridgehead atoms. The van der Waals surface area contributed by atoms with Crippen molar-refractivity contribution >= 4 is 31.6 Å². The average Bonchev–Trinajstić information content (AvgIpc) is 2.28. The van der Waals surface area contributed by atoms with E-state index in [1.54, 1.807) is 18.2 Å². The van der Waals surface area contributed by atoms with E-state index >= 15 is 0 Å². The van der Waals surface area contributed by atoms with Gasteiger partial charge in [0.25, 0.3) is 0 Å². The Balaban J connectivity index is 2.46. The number of rotatable bonds is 2. The Morgan fingerprint density at radius 1 is 1.19 bits per heavy atom. The summed E-state index contributed by atoms with van der Waals surface area (Å²) in [6.45, 7) is 8.15. The Morgan fingerprint density at radius 3 is 2.24 bits per heavy atom. The molecule has 21 heavy (non-hydrogen) atoms. The van der Waals surface area contributed by atoms with Crippen molar-refractivity contribution in [2.24, 2.45) is 0 Å². The fourth-order valence-corrected chi connectivity index (χ4v) is 5.15. The van der Waals surface area contributed by atoms with Gasteiger partial charge in [0, 0.05) is 17.6 Å². The second-order valence-corrected chi connectivity index (χ2v) is 9.40. The summed E-state index contributed by atoms with van der Waals surface area (Å²) in [7, 11) is -3.66. The lowest BCUT2D eigenvalue weighted by Crippen LogP contribution is -2.58. The molecule has 1 aliphatic heterocycles. The van der Waals surface area contributed by atoms with E-state index in [0.29, 0.717) is 17.6 Å². The van der Waals surface area contributed by atoms with Gasteiger partial charge in [-0.05, 0) is 45.9 Å². The summed E-state index contributed by atoms with van der Waals surface area (Å²) in [6, 6.07) is 4.86. The van der Waals surface area contributed by atoms with E-state index in [1.807, 2.05) is 27.7 Å². The molecule has 2 N–H and O–H groups in total. The van der Waals surface area contributed by atoms with Crippen molar-refractivity contribution in [3.63, 3.8) is 0 Å². The van der Waals surface area contributed by atoms with Crippen molar-refractivity contribution in [2.45, 2.75) is 43.8 Å². The molecule has 0 spiro atoms. The van der Waals surface area contributed by atoms with Crippen LogP contribution < -0.4 is 5.73 Å². The predicted octanol–water partition coefficient (Wildman–Crippen LogP) is 2.61. The van der Waals surface area contributed by atoms with E-state index in [1.165, 1.54) is 4.31 Å². The number of sulfonamides is 1. The van der Waals surface area contributed by atoms with Gasteiger partial charge in [-0.25, -0.2) is 8.42 Å². The SMILES string of the molecule is CC1(C)CN(S(=O)(=O)c2cc(Br)ccc2N)CC(C)(C)O1. The van der Waals surface area contributed by atoms with Crippen molar-refractivity contribution in [1.29, 1.82) is 0 Å². The van der Waals surface area contributed by atoms with Crippen LogP contribution in [0.4, 0.5) is 5.69 Å². The number of anilines is 1. The second-order valence-electron chi connectivity index (χ2n) is 6.58. The number of nitrogens with zero attached hydrogens (tertiary/aromatic N) is 1. The number of nitrogens with two attached hydrogens (primary N) is 1. The van der Waals surface area contributed by atoms with E-state index in [0.717, 1.165) is 0 Å². The lowest BCUT2D eigenvalue weighted by atomic mass is 10.0. The van der Waals surface area contributed by atoms with Crippen LogP contribution in [0.15, 0.2) is 27.6 Å². The minimum atomic E-state index is -3.66. The molecular weight excluding hydrogens is 356 g/mol. The largest absolute Gasteiger partial charge is 0.398 e. The van der Waals surface area contributed by atoms with Gasteiger partial charge in [-0.2, -0.15) is 4.31 Å². The lowest BCUT2D eigenvalue weighted by Gasteiger charge is -2.46. The van der Waals surface area contributed by atoms with Crippen LogP contribution in [-0.4, -0.2) is 37.0 Å². The van der Waals surface area contributed by atoms with Crippen LogP contribution in [0.1, 0.15) is 27.7 Å². The monoisotopic (exact) mass is 376 g/mol. The summed E-state index contributed by atoms with van der Waals surface area (Å²) in [4.78, 5) is 0.130. The fourth-order valence-electron chi connectivity index (χ4n) is 2.76. The second kappa shape index (κ2) is 5.22. The topological polar surface area (TPSA) is 72.6 Å². The lowest BCUT2D eigenvalue weighted by molar-refractivity contribution is -0.163. The van der Waals surface area contributed by atoms with Gasteiger partial charge in [-0.1, -0.05) is 15.9 Å². The number of hydrogen-bond donors (Lipinski definition) is 1. The summed E-state index contributed by atoms with van der Waals surface area (Å²) < 4.78 is 33.9. The van der Waals surface area contributed by atoms with Crippen LogP contribution in [0, 0.1) is 0 Å². The van der Waals surface area contributed by atoms with E-state index < -0.39 is 21.2 Å². The summed E-state index contributed by atoms with van der Waals surface area (Å²) in [5, 5.41) is 0. The van der Waals surface area contributed by atoms with E-state index in [4.69, 9.17) is 10.5 Å². The highest BCUT2D eigenvalue weighted by molar-refractivity contribution is 9.10. The standard InChI is InChI=1S/C14H21BrN2O3S/c1-13(2)8-17(9-14(3,4)20-13)21(18,19)12-7-10(15)5-6-11(12)16/h5-7H,8-9,16H2,1-4H3. The molecule has 1 aliphatic rings. The van der Waals surface area contributed by atoms with Crippen LogP contribution >= 0.6 is 15.9 Å². The molecule has 118 valence electrons. The Morgan fingerprint density at radius 2 is 1.71 bits per heavy atom. The molecule has 0 atom stereocenters. The summed E-state index contributed by atoms with van der Waals surface area (Å²) in [5.74, 6) is 0. The molecule has 2 rings (SSSR count). The Bertz CT molecular complexity index is 640. The summed E-state index contributed by atoms with van der Waals surface area (Å²) in [6.07, 6.45) is 0. The van der Waals surface area contributed by atoms with Crippen LogP contribution in [0.25, 0.3) is 0 Å². The normalized spacial score (nSPS) is 22.1. The fraction of sp³-hybridized carbons (Fsp3) is 0.571. The Hall–Kier alpha value is -0.630. The first kappa shape index (κ1) is 16.7. The number of benzene rings is 1. The van der Waals surface area contributed by atoms with Crippen LogP contribution in [0.2, 0.25) is 0 Å². The van der Waals surface area contributed by atoms with Gasteiger partial charge in [-0.15, -0.1) is 0 Å². The molecule has 7 heteroatoms. The van der Waals surface area contributed by atoms with Crippen molar-refractivity contribution in [1.82, 2.24) is 4.31 Å². The molecule has 1 aromatic carbocycles. The van der Waals surface area contributed by atoms with Gasteiger partial charge < -0.3 is 10.5 Å². The summed E-state index contributed by atoms with van der Waals surface area (Å²) in [5.41, 5.74) is 5.02. The van der Waals surface area contributed by atoms with Crippen LogP contribution in [0.3, 0.4) is 0 Å². The zero-order valence-electron chi connectivity index (χ0n) is 12.7. The summed E-state index contributed by atoms with van der Waals surface area (Å²) >= 11 is 3.29. The van der Waals surface area contributed by atoms with Crippen molar-refractivity contribution in [3.05, 3.63) is 22.7 Å². The molecule has 1 saturated heterocycles. The maximum atomic E-state index is 12.9. The van der Waals surface area contributed by atoms with Gasteiger partial charge in [-0.3, -0.25) is 0 Å². The molecule has 0 aliphatic carbocycles. The third-order valence-electron chi connectivity index (χ3n) is 3.26. The van der Waals surface area contributed by atoms with E-state index in [-0.39, 0.29) is 10.6 Å². The van der Waals surface area contributed by atoms with Crippen molar-refractivity contribution in [3.8, 4) is 0 Å². The minimum absolute atomic E-state index is 0.130. The number of morpholine rings is 1. The molecular formula is C14H21BrN2O3S. The molecule has 0 aromatic heterocycles. The van der Waals surface area contributed by atoms with Gasteiger partial charge >= 0.3 is 0 Å². The number of hydrogen-bond acceptors (Lipinski definition) is 4. The highest BCUT2D eigenvalue weighted by atomic mass is 79.9. The maximum Gasteiger partial charge on any atom is 0.245 e. The highest BCUT2D eigenvalue weighted by Crippen LogP contribution is 2.33. The molecule has 0 amide bonds. The maximum absolute atomic E-state index is 12.9. The smallest absolute Gasteiger partial charge is 0.245 e. The third kappa shape index (κ3) is 3.59. The number of nitrogen functional groups attached to an aromatic ring is 1. The van der Waals surface area contributed by atoms with Gasteiger partial charge in [0.05, 0.1) is 16.9 Å². The Kier molecular flexibility index (Phi) is 4.16. The zero-order valence-corrected chi connectivity index (χ0v) is 15.1. The molecule has 0 saturated carbocycles. The first-order valence-corrected chi connectivity index (χ1v) is 8.92. The van der Waals surface area contributed by atoms with Gasteiger partial charge in [0.15, 0.2) is 0 Å². The van der Waals surface area contributed by atoms with Gasteiger partial charge in [0.1, 0.15) is 4.90 Å². The number of ether oxygens (including phenoxy) is 1. The number of halogens is 1.